The van der Waals surface area contributed by atoms with Crippen LogP contribution in [0.25, 0.3) is 0 Å². The van der Waals surface area contributed by atoms with Gasteiger partial charge in [-0.1, -0.05) is 41.9 Å². The zero-order valence-electron chi connectivity index (χ0n) is 11.0. The predicted molar refractivity (Wildman–Crippen MR) is 79.8 cm³/mol. The number of aryl methyl sites for hydroxylation is 1. The second-order valence-corrected chi connectivity index (χ2v) is 5.11. The molecule has 2 aromatic carbocycles. The number of halogens is 1. The van der Waals surface area contributed by atoms with Gasteiger partial charge in [-0.25, -0.2) is 0 Å². The molecular weight excluding hydrogens is 258 g/mol. The lowest BCUT2D eigenvalue weighted by Gasteiger charge is -2.14. The molecule has 2 aromatic rings. The van der Waals surface area contributed by atoms with Gasteiger partial charge in [0, 0.05) is 11.1 Å². The number of hydrogen-bond donors (Lipinski definition) is 1. The topological polar surface area (TPSA) is 35.2 Å². The fourth-order valence-corrected chi connectivity index (χ4v) is 2.17. The van der Waals surface area contributed by atoms with Crippen molar-refractivity contribution in [3.8, 4) is 5.75 Å². The van der Waals surface area contributed by atoms with Gasteiger partial charge in [0.15, 0.2) is 0 Å². The van der Waals surface area contributed by atoms with Crippen LogP contribution in [-0.4, -0.2) is 12.6 Å². The van der Waals surface area contributed by atoms with Gasteiger partial charge >= 0.3 is 0 Å². The van der Waals surface area contributed by atoms with Crippen molar-refractivity contribution in [2.45, 2.75) is 19.4 Å². The number of rotatable bonds is 5. The Morgan fingerprint density at radius 2 is 1.89 bits per heavy atom. The second kappa shape index (κ2) is 6.60. The van der Waals surface area contributed by atoms with Crippen LogP contribution in [0.15, 0.2) is 48.5 Å². The van der Waals surface area contributed by atoms with Crippen LogP contribution in [0.5, 0.6) is 5.75 Å². The molecule has 0 heterocycles. The van der Waals surface area contributed by atoms with E-state index in [0.29, 0.717) is 6.61 Å². The van der Waals surface area contributed by atoms with Crippen LogP contribution < -0.4 is 10.5 Å². The van der Waals surface area contributed by atoms with E-state index < -0.39 is 0 Å². The molecule has 100 valence electrons. The van der Waals surface area contributed by atoms with Gasteiger partial charge in [0.2, 0.25) is 0 Å². The van der Waals surface area contributed by atoms with Gasteiger partial charge in [-0.2, -0.15) is 0 Å². The van der Waals surface area contributed by atoms with Crippen LogP contribution in [0.1, 0.15) is 11.1 Å². The molecule has 3 heteroatoms. The van der Waals surface area contributed by atoms with Gasteiger partial charge in [0.05, 0.1) is 0 Å². The third-order valence-corrected chi connectivity index (χ3v) is 3.17. The molecule has 0 unspecified atom stereocenters. The van der Waals surface area contributed by atoms with Gasteiger partial charge in [0.1, 0.15) is 12.4 Å². The van der Waals surface area contributed by atoms with E-state index in [2.05, 4.69) is 12.1 Å². The molecule has 0 amide bonds. The van der Waals surface area contributed by atoms with Crippen molar-refractivity contribution in [1.82, 2.24) is 0 Å². The Labute approximate surface area is 119 Å². The van der Waals surface area contributed by atoms with Crippen LogP contribution in [0.4, 0.5) is 0 Å². The van der Waals surface area contributed by atoms with Crippen LogP contribution >= 0.6 is 11.6 Å². The average Bonchev–Trinajstić information content (AvgIpc) is 2.39. The number of nitrogens with two attached hydrogens (primary N) is 1. The largest absolute Gasteiger partial charge is 0.492 e. The number of benzene rings is 2. The number of hydrogen-bond acceptors (Lipinski definition) is 2. The van der Waals surface area contributed by atoms with Gasteiger partial charge in [-0.15, -0.1) is 0 Å². The van der Waals surface area contributed by atoms with Crippen molar-refractivity contribution in [3.63, 3.8) is 0 Å². The third kappa shape index (κ3) is 4.27. The lowest BCUT2D eigenvalue weighted by Crippen LogP contribution is -2.30. The standard InChI is InChI=1S/C16H18ClNO/c1-12-9-14(17)7-8-16(12)19-11-15(18)10-13-5-3-2-4-6-13/h2-9,15H,10-11,18H2,1H3/t15-/m0/s1. The molecular formula is C16H18ClNO. The first-order valence-electron chi connectivity index (χ1n) is 6.33. The first kappa shape index (κ1) is 13.9. The van der Waals surface area contributed by atoms with Crippen molar-refractivity contribution in [2.75, 3.05) is 6.61 Å². The maximum absolute atomic E-state index is 6.08. The Bertz CT molecular complexity index is 528. The maximum atomic E-state index is 6.08. The summed E-state index contributed by atoms with van der Waals surface area (Å²) in [7, 11) is 0. The highest BCUT2D eigenvalue weighted by Gasteiger charge is 2.06. The van der Waals surface area contributed by atoms with Gasteiger partial charge < -0.3 is 10.5 Å². The first-order chi connectivity index (χ1) is 9.15. The molecule has 2 N–H and O–H groups in total. The summed E-state index contributed by atoms with van der Waals surface area (Å²) in [4.78, 5) is 0. The summed E-state index contributed by atoms with van der Waals surface area (Å²) in [5, 5.41) is 0.721. The maximum Gasteiger partial charge on any atom is 0.122 e. The first-order valence-corrected chi connectivity index (χ1v) is 6.71. The molecule has 0 saturated carbocycles. The molecule has 2 nitrogen and oxygen atoms in total. The Hall–Kier alpha value is -1.51. The molecule has 0 saturated heterocycles. The molecule has 0 bridgehead atoms. The quantitative estimate of drug-likeness (QED) is 0.905. The van der Waals surface area contributed by atoms with Crippen LogP contribution in [0, 0.1) is 6.92 Å². The molecule has 19 heavy (non-hydrogen) atoms. The van der Waals surface area contributed by atoms with Crippen LogP contribution in [0.2, 0.25) is 5.02 Å². The summed E-state index contributed by atoms with van der Waals surface area (Å²) in [6.45, 7) is 2.47. The normalized spacial score (nSPS) is 12.2. The van der Waals surface area contributed by atoms with E-state index in [0.717, 1.165) is 22.8 Å². The average molecular weight is 276 g/mol. The lowest BCUT2D eigenvalue weighted by molar-refractivity contribution is 0.286. The third-order valence-electron chi connectivity index (χ3n) is 2.93. The summed E-state index contributed by atoms with van der Waals surface area (Å²) in [6.07, 6.45) is 0.813. The van der Waals surface area contributed by atoms with E-state index in [4.69, 9.17) is 22.1 Å². The van der Waals surface area contributed by atoms with E-state index in [9.17, 15) is 0 Å². The minimum atomic E-state index is -0.0162. The van der Waals surface area contributed by atoms with Crippen molar-refractivity contribution >= 4 is 11.6 Å². The van der Waals surface area contributed by atoms with E-state index in [1.807, 2.05) is 43.3 Å². The van der Waals surface area contributed by atoms with Gasteiger partial charge in [0.25, 0.3) is 0 Å². The summed E-state index contributed by atoms with van der Waals surface area (Å²) in [5.74, 6) is 0.841. The summed E-state index contributed by atoms with van der Waals surface area (Å²) in [6, 6.07) is 15.8. The monoisotopic (exact) mass is 275 g/mol. The lowest BCUT2D eigenvalue weighted by atomic mass is 10.1. The van der Waals surface area contributed by atoms with E-state index in [1.54, 1.807) is 0 Å². The van der Waals surface area contributed by atoms with Crippen molar-refractivity contribution in [3.05, 3.63) is 64.7 Å². The summed E-state index contributed by atoms with van der Waals surface area (Å²) < 4.78 is 5.74. The Morgan fingerprint density at radius 1 is 1.16 bits per heavy atom. The molecule has 0 radical (unpaired) electrons. The number of ether oxygens (including phenoxy) is 1. The molecule has 2 rings (SSSR count). The molecule has 0 aliphatic heterocycles. The van der Waals surface area contributed by atoms with Crippen molar-refractivity contribution < 1.29 is 4.74 Å². The van der Waals surface area contributed by atoms with Gasteiger partial charge in [-0.3, -0.25) is 0 Å². The van der Waals surface area contributed by atoms with Crippen LogP contribution in [0.3, 0.4) is 0 Å². The van der Waals surface area contributed by atoms with Crippen molar-refractivity contribution in [1.29, 1.82) is 0 Å². The van der Waals surface area contributed by atoms with Crippen LogP contribution in [-0.2, 0) is 6.42 Å². The smallest absolute Gasteiger partial charge is 0.122 e. The summed E-state index contributed by atoms with van der Waals surface area (Å²) >= 11 is 5.91. The molecule has 0 fully saturated rings. The summed E-state index contributed by atoms with van der Waals surface area (Å²) in [5.41, 5.74) is 8.34. The molecule has 0 aliphatic carbocycles. The molecule has 0 aromatic heterocycles. The van der Waals surface area contributed by atoms with Crippen molar-refractivity contribution in [2.24, 2.45) is 5.73 Å². The zero-order chi connectivity index (χ0) is 13.7. The molecule has 0 spiro atoms. The van der Waals surface area contributed by atoms with E-state index in [1.165, 1.54) is 5.56 Å². The fourth-order valence-electron chi connectivity index (χ4n) is 1.95. The molecule has 1 atom stereocenters. The fraction of sp³-hybridized carbons (Fsp3) is 0.250. The SMILES string of the molecule is Cc1cc(Cl)ccc1OC[C@@H](N)Cc1ccccc1. The highest BCUT2D eigenvalue weighted by Crippen LogP contribution is 2.21. The second-order valence-electron chi connectivity index (χ2n) is 4.67. The minimum Gasteiger partial charge on any atom is -0.492 e. The minimum absolute atomic E-state index is 0.0162. The molecule has 0 aliphatic rings. The van der Waals surface area contributed by atoms with E-state index in [-0.39, 0.29) is 6.04 Å². The van der Waals surface area contributed by atoms with E-state index >= 15 is 0 Å². The Balaban J connectivity index is 1.88. The highest BCUT2D eigenvalue weighted by atomic mass is 35.5. The Morgan fingerprint density at radius 3 is 2.58 bits per heavy atom. The zero-order valence-corrected chi connectivity index (χ0v) is 11.7. The Kier molecular flexibility index (Phi) is 4.83. The van der Waals surface area contributed by atoms with Gasteiger partial charge in [-0.05, 0) is 42.7 Å². The predicted octanol–water partition coefficient (Wildman–Crippen LogP) is 3.60. The highest BCUT2D eigenvalue weighted by molar-refractivity contribution is 6.30.